The Labute approximate surface area is 74.8 Å². The van der Waals surface area contributed by atoms with Crippen molar-refractivity contribution in [2.45, 2.75) is 0 Å². The van der Waals surface area contributed by atoms with Crippen LogP contribution in [0.3, 0.4) is 0 Å². The Morgan fingerprint density at radius 3 is 2.75 bits per heavy atom. The van der Waals surface area contributed by atoms with E-state index in [2.05, 4.69) is 15.1 Å². The second-order valence-electron chi connectivity index (χ2n) is 2.03. The minimum Gasteiger partial charge on any atom is -0.268 e. The number of nitrogens with zero attached hydrogens (tertiary/aromatic N) is 3. The highest BCUT2D eigenvalue weighted by Crippen LogP contribution is 2.06. The van der Waals surface area contributed by atoms with Gasteiger partial charge in [-0.1, -0.05) is 11.6 Å². The summed E-state index contributed by atoms with van der Waals surface area (Å²) in [5, 5.41) is 3.64. The van der Waals surface area contributed by atoms with Crippen molar-refractivity contribution in [2.24, 2.45) is 10.1 Å². The number of amidine groups is 1. The molecule has 0 aliphatic carbocycles. The van der Waals surface area contributed by atoms with Gasteiger partial charge in [0.05, 0.1) is 0 Å². The lowest BCUT2D eigenvalue weighted by atomic mass is 10.3. The van der Waals surface area contributed by atoms with E-state index in [0.29, 0.717) is 16.6 Å². The predicted molar refractivity (Wildman–Crippen MR) is 46.9 cm³/mol. The number of hydrogen-bond donors (Lipinski definition) is 1. The normalized spacial score (nSPS) is 11.3. The lowest BCUT2D eigenvalue weighted by molar-refractivity contribution is 1.16. The van der Waals surface area contributed by atoms with E-state index in [1.807, 2.05) is 0 Å². The molecule has 0 saturated heterocycles. The molecule has 4 nitrogen and oxygen atoms in total. The molecular formula is C7H7ClN4. The number of rotatable bonds is 1. The van der Waals surface area contributed by atoms with Gasteiger partial charge in [0.1, 0.15) is 5.15 Å². The molecule has 1 rings (SSSR count). The maximum absolute atomic E-state index is 6.78. The topological polar surface area (TPSA) is 61.5 Å². The Bertz CT molecular complexity index is 304. The van der Waals surface area contributed by atoms with Gasteiger partial charge >= 0.3 is 0 Å². The fourth-order valence-electron chi connectivity index (χ4n) is 0.752. The van der Waals surface area contributed by atoms with E-state index in [9.17, 15) is 0 Å². The van der Waals surface area contributed by atoms with Gasteiger partial charge in [0, 0.05) is 18.8 Å². The Morgan fingerprint density at radius 1 is 1.58 bits per heavy atom. The molecule has 0 spiro atoms. The Balaban J connectivity index is 3.04. The van der Waals surface area contributed by atoms with Crippen molar-refractivity contribution in [1.82, 2.24) is 4.98 Å². The van der Waals surface area contributed by atoms with Crippen molar-refractivity contribution < 1.29 is 0 Å². The van der Waals surface area contributed by atoms with Crippen molar-refractivity contribution in [2.75, 3.05) is 7.05 Å². The number of nitrogens with one attached hydrogen (secondary N) is 1. The summed E-state index contributed by atoms with van der Waals surface area (Å²) in [6, 6.07) is 3.35. The van der Waals surface area contributed by atoms with E-state index < -0.39 is 0 Å². The highest BCUT2D eigenvalue weighted by molar-refractivity contribution is 6.29. The zero-order chi connectivity index (χ0) is 8.97. The third-order valence-electron chi connectivity index (χ3n) is 1.30. The van der Waals surface area contributed by atoms with Crippen LogP contribution < -0.4 is 0 Å². The molecule has 0 saturated carbocycles. The molecule has 0 amide bonds. The number of aromatic nitrogens is 1. The Hall–Kier alpha value is -1.29. The Kier molecular flexibility index (Phi) is 2.88. The lowest BCUT2D eigenvalue weighted by Gasteiger charge is -1.96. The third-order valence-corrected chi connectivity index (χ3v) is 1.53. The van der Waals surface area contributed by atoms with Crippen LogP contribution in [0.4, 0.5) is 0 Å². The monoisotopic (exact) mass is 182 g/mol. The second-order valence-corrected chi connectivity index (χ2v) is 2.42. The summed E-state index contributed by atoms with van der Waals surface area (Å²) in [6.07, 6.45) is 1.53. The molecule has 5 heteroatoms. The summed E-state index contributed by atoms with van der Waals surface area (Å²) in [7, 11) is 1.57. The molecule has 0 aromatic carbocycles. The van der Waals surface area contributed by atoms with E-state index in [0.717, 1.165) is 0 Å². The third kappa shape index (κ3) is 1.85. The summed E-state index contributed by atoms with van der Waals surface area (Å²) >= 11 is 5.57. The van der Waals surface area contributed by atoms with Gasteiger partial charge in [0.2, 0.25) is 0 Å². The van der Waals surface area contributed by atoms with E-state index in [-0.39, 0.29) is 0 Å². The molecule has 0 atom stereocenters. The molecule has 1 aromatic heterocycles. The second kappa shape index (κ2) is 3.92. The number of halogens is 1. The van der Waals surface area contributed by atoms with Gasteiger partial charge in [0.25, 0.3) is 0 Å². The maximum atomic E-state index is 6.78. The lowest BCUT2D eigenvalue weighted by Crippen LogP contribution is -1.95. The van der Waals surface area contributed by atoms with Gasteiger partial charge in [-0.05, 0) is 12.1 Å². The quantitative estimate of drug-likeness (QED) is 0.308. The summed E-state index contributed by atoms with van der Waals surface area (Å²) in [4.78, 5) is 7.62. The van der Waals surface area contributed by atoms with Crippen molar-refractivity contribution in [3.8, 4) is 0 Å². The number of hydrogen-bond acceptors (Lipinski definition) is 3. The largest absolute Gasteiger partial charge is 0.268 e. The first-order chi connectivity index (χ1) is 5.77. The van der Waals surface area contributed by atoms with Crippen LogP contribution in [0.1, 0.15) is 5.56 Å². The first-order valence-corrected chi connectivity index (χ1v) is 3.62. The molecule has 1 aromatic rings. The molecule has 0 aliphatic rings. The van der Waals surface area contributed by atoms with E-state index in [1.54, 1.807) is 19.2 Å². The van der Waals surface area contributed by atoms with Gasteiger partial charge in [0.15, 0.2) is 5.84 Å². The van der Waals surface area contributed by atoms with Crippen LogP contribution in [-0.4, -0.2) is 17.9 Å². The standard InChI is InChI=1S/C7H7ClN4/c1-10-7(12-9)5-2-3-6(8)11-4-5/h2-4,9H,1H3. The van der Waals surface area contributed by atoms with E-state index >= 15 is 0 Å². The minimum atomic E-state index is 0.346. The molecule has 0 aliphatic heterocycles. The van der Waals surface area contributed by atoms with Crippen molar-refractivity contribution in [1.29, 1.82) is 5.53 Å². The van der Waals surface area contributed by atoms with Gasteiger partial charge < -0.3 is 0 Å². The zero-order valence-corrected chi connectivity index (χ0v) is 7.21. The van der Waals surface area contributed by atoms with Gasteiger partial charge in [-0.3, -0.25) is 4.99 Å². The van der Waals surface area contributed by atoms with Crippen molar-refractivity contribution in [3.05, 3.63) is 29.0 Å². The smallest absolute Gasteiger partial charge is 0.177 e. The van der Waals surface area contributed by atoms with Crippen LogP contribution in [0.15, 0.2) is 28.4 Å². The van der Waals surface area contributed by atoms with Crippen molar-refractivity contribution >= 4 is 17.4 Å². The SMILES string of the molecule is CN=C(N=N)c1ccc(Cl)nc1. The molecule has 12 heavy (non-hydrogen) atoms. The van der Waals surface area contributed by atoms with E-state index in [4.69, 9.17) is 17.1 Å². The molecule has 1 heterocycles. The molecule has 62 valence electrons. The van der Waals surface area contributed by atoms with Crippen LogP contribution in [0.5, 0.6) is 0 Å². The minimum absolute atomic E-state index is 0.346. The average Bonchev–Trinajstić information content (AvgIpc) is 2.10. The summed E-state index contributed by atoms with van der Waals surface area (Å²) in [5.41, 5.74) is 7.48. The van der Waals surface area contributed by atoms with Crippen LogP contribution in [0.25, 0.3) is 0 Å². The highest BCUT2D eigenvalue weighted by atomic mass is 35.5. The number of pyridine rings is 1. The van der Waals surface area contributed by atoms with Crippen LogP contribution in [0, 0.1) is 5.53 Å². The predicted octanol–water partition coefficient (Wildman–Crippen LogP) is 2.14. The van der Waals surface area contributed by atoms with Crippen molar-refractivity contribution in [3.63, 3.8) is 0 Å². The fourth-order valence-corrected chi connectivity index (χ4v) is 0.864. The highest BCUT2D eigenvalue weighted by Gasteiger charge is 1.99. The van der Waals surface area contributed by atoms with Gasteiger partial charge in [-0.15, -0.1) is 5.11 Å². The first-order valence-electron chi connectivity index (χ1n) is 3.24. The summed E-state index contributed by atoms with van der Waals surface area (Å²) < 4.78 is 0. The maximum Gasteiger partial charge on any atom is 0.177 e. The molecule has 0 radical (unpaired) electrons. The fraction of sp³-hybridized carbons (Fsp3) is 0.143. The molecule has 0 bridgehead atoms. The summed E-state index contributed by atoms with van der Waals surface area (Å²) in [6.45, 7) is 0. The molecule has 1 N–H and O–H groups in total. The molecule has 0 fully saturated rings. The number of aliphatic imine (C=N–C) groups is 1. The van der Waals surface area contributed by atoms with Crippen LogP contribution in [-0.2, 0) is 0 Å². The Morgan fingerprint density at radius 2 is 2.33 bits per heavy atom. The molecular weight excluding hydrogens is 176 g/mol. The first kappa shape index (κ1) is 8.80. The molecule has 0 unspecified atom stereocenters. The summed E-state index contributed by atoms with van der Waals surface area (Å²) in [5.74, 6) is 0.346. The van der Waals surface area contributed by atoms with E-state index in [1.165, 1.54) is 6.20 Å². The average molecular weight is 183 g/mol. The zero-order valence-electron chi connectivity index (χ0n) is 6.45. The van der Waals surface area contributed by atoms with Crippen LogP contribution >= 0.6 is 11.6 Å². The van der Waals surface area contributed by atoms with Gasteiger partial charge in [-0.25, -0.2) is 10.5 Å². The van der Waals surface area contributed by atoms with Crippen LogP contribution in [0.2, 0.25) is 5.15 Å². The van der Waals surface area contributed by atoms with Gasteiger partial charge in [-0.2, -0.15) is 0 Å².